The molecule has 1 heterocycles. The highest BCUT2D eigenvalue weighted by molar-refractivity contribution is 7.12. The fourth-order valence-electron chi connectivity index (χ4n) is 3.71. The van der Waals surface area contributed by atoms with E-state index >= 15 is 0 Å². The summed E-state index contributed by atoms with van der Waals surface area (Å²) >= 11 is 1.97. The predicted octanol–water partition coefficient (Wildman–Crippen LogP) is 6.88. The minimum Gasteiger partial charge on any atom is -0.303 e. The van der Waals surface area contributed by atoms with Gasteiger partial charge in [-0.15, -0.1) is 11.3 Å². The van der Waals surface area contributed by atoms with Crippen LogP contribution in [0.3, 0.4) is 0 Å². The van der Waals surface area contributed by atoms with Crippen molar-refractivity contribution in [3.05, 3.63) is 21.4 Å². The maximum atomic E-state index is 11.1. The molecule has 0 radical (unpaired) electrons. The summed E-state index contributed by atoms with van der Waals surface area (Å²) in [5, 5.41) is 0. The van der Waals surface area contributed by atoms with Crippen LogP contribution in [-0.4, -0.2) is 12.6 Å². The Morgan fingerprint density at radius 1 is 0.963 bits per heavy atom. The van der Waals surface area contributed by atoms with Crippen molar-refractivity contribution in [2.45, 2.75) is 104 Å². The normalized spacial score (nSPS) is 14.8. The van der Waals surface area contributed by atoms with Crippen LogP contribution in [0, 0.1) is 11.8 Å². The Bertz CT molecular complexity index is 587. The molecule has 0 amide bonds. The van der Waals surface area contributed by atoms with E-state index in [9.17, 15) is 9.59 Å². The Kier molecular flexibility index (Phi) is 9.41. The van der Waals surface area contributed by atoms with Crippen molar-refractivity contribution in [3.63, 3.8) is 0 Å². The quantitative estimate of drug-likeness (QED) is 0.385. The van der Waals surface area contributed by atoms with Crippen LogP contribution in [-0.2, 0) is 26.8 Å². The van der Waals surface area contributed by atoms with E-state index in [1.165, 1.54) is 15.3 Å². The summed E-state index contributed by atoms with van der Waals surface area (Å²) in [7, 11) is 0. The van der Waals surface area contributed by atoms with Crippen LogP contribution < -0.4 is 0 Å². The van der Waals surface area contributed by atoms with Crippen molar-refractivity contribution < 1.29 is 9.59 Å². The van der Waals surface area contributed by atoms with Crippen LogP contribution in [0.1, 0.15) is 102 Å². The first-order valence-corrected chi connectivity index (χ1v) is 11.4. The standard InChI is InChI=1S/C24H40O2S/c1-8-18(12-14-25)16-19(13-15-26)10-9-11-20-17-21(23(2,3)4)27-22(20)24(5,6)7/h14-15,17-19H,8-13,16H2,1-7H3. The van der Waals surface area contributed by atoms with Crippen LogP contribution >= 0.6 is 11.3 Å². The third kappa shape index (κ3) is 7.89. The summed E-state index contributed by atoms with van der Waals surface area (Å²) in [6.07, 6.45) is 8.61. The minimum atomic E-state index is 0.170. The summed E-state index contributed by atoms with van der Waals surface area (Å²) in [5.41, 5.74) is 1.84. The summed E-state index contributed by atoms with van der Waals surface area (Å²) < 4.78 is 0. The molecule has 0 aromatic carbocycles. The summed E-state index contributed by atoms with van der Waals surface area (Å²) in [5.74, 6) is 0.831. The summed E-state index contributed by atoms with van der Waals surface area (Å²) in [6, 6.07) is 2.42. The lowest BCUT2D eigenvalue weighted by atomic mass is 9.84. The number of carbonyl (C=O) groups is 2. The van der Waals surface area contributed by atoms with E-state index in [0.717, 1.165) is 44.7 Å². The third-order valence-corrected chi connectivity index (χ3v) is 7.42. The van der Waals surface area contributed by atoms with Gasteiger partial charge in [0.25, 0.3) is 0 Å². The summed E-state index contributed by atoms with van der Waals surface area (Å²) in [6.45, 7) is 15.9. The van der Waals surface area contributed by atoms with Crippen LogP contribution in [0.25, 0.3) is 0 Å². The highest BCUT2D eigenvalue weighted by Crippen LogP contribution is 2.39. The number of thiophene rings is 1. The first kappa shape index (κ1) is 24.1. The maximum Gasteiger partial charge on any atom is 0.120 e. The van der Waals surface area contributed by atoms with Gasteiger partial charge in [0.05, 0.1) is 0 Å². The topological polar surface area (TPSA) is 34.1 Å². The van der Waals surface area contributed by atoms with E-state index in [0.29, 0.717) is 24.7 Å². The van der Waals surface area contributed by atoms with Gasteiger partial charge in [-0.2, -0.15) is 0 Å². The average Bonchev–Trinajstić information content (AvgIpc) is 2.99. The van der Waals surface area contributed by atoms with Gasteiger partial charge in [0.1, 0.15) is 12.6 Å². The molecule has 0 spiro atoms. The zero-order valence-corrected chi connectivity index (χ0v) is 19.4. The largest absolute Gasteiger partial charge is 0.303 e. The zero-order valence-electron chi connectivity index (χ0n) is 18.6. The molecule has 0 N–H and O–H groups in total. The van der Waals surface area contributed by atoms with Gasteiger partial charge in [-0.05, 0) is 60.0 Å². The molecule has 1 aromatic heterocycles. The van der Waals surface area contributed by atoms with Crippen LogP contribution in [0.2, 0.25) is 0 Å². The van der Waals surface area contributed by atoms with Crippen LogP contribution in [0.5, 0.6) is 0 Å². The van der Waals surface area contributed by atoms with Gasteiger partial charge in [-0.25, -0.2) is 0 Å². The Morgan fingerprint density at radius 3 is 2.04 bits per heavy atom. The van der Waals surface area contributed by atoms with Gasteiger partial charge in [0.2, 0.25) is 0 Å². The third-order valence-electron chi connectivity index (χ3n) is 5.39. The molecule has 3 heteroatoms. The molecule has 2 atom stereocenters. The number of rotatable bonds is 11. The highest BCUT2D eigenvalue weighted by Gasteiger charge is 2.25. The predicted molar refractivity (Wildman–Crippen MR) is 118 cm³/mol. The molecule has 0 saturated heterocycles. The fraction of sp³-hybridized carbons (Fsp3) is 0.750. The second kappa shape index (κ2) is 10.5. The van der Waals surface area contributed by atoms with E-state index in [4.69, 9.17) is 0 Å². The molecule has 0 aliphatic rings. The van der Waals surface area contributed by atoms with Crippen molar-refractivity contribution in [1.82, 2.24) is 0 Å². The van der Waals surface area contributed by atoms with Crippen molar-refractivity contribution >= 4 is 23.9 Å². The van der Waals surface area contributed by atoms with E-state index in [1.54, 1.807) is 0 Å². The molecule has 1 aromatic rings. The molecule has 0 fully saturated rings. The minimum absolute atomic E-state index is 0.170. The van der Waals surface area contributed by atoms with E-state index in [-0.39, 0.29) is 10.8 Å². The highest BCUT2D eigenvalue weighted by atomic mass is 32.1. The number of hydrogen-bond donors (Lipinski definition) is 0. The molecular weight excluding hydrogens is 352 g/mol. The number of carbonyl (C=O) groups excluding carboxylic acids is 2. The van der Waals surface area contributed by atoms with E-state index in [2.05, 4.69) is 54.5 Å². The van der Waals surface area contributed by atoms with Gasteiger partial charge >= 0.3 is 0 Å². The second-order valence-electron chi connectivity index (χ2n) is 10.0. The number of aldehydes is 2. The molecule has 1 rings (SSSR count). The van der Waals surface area contributed by atoms with Crippen molar-refractivity contribution in [2.24, 2.45) is 11.8 Å². The Balaban J connectivity index is 2.81. The van der Waals surface area contributed by atoms with E-state index in [1.807, 2.05) is 11.3 Å². The van der Waals surface area contributed by atoms with Gasteiger partial charge in [-0.1, -0.05) is 54.9 Å². The Labute approximate surface area is 171 Å². The summed E-state index contributed by atoms with van der Waals surface area (Å²) in [4.78, 5) is 24.9. The molecular formula is C24H40O2S. The van der Waals surface area contributed by atoms with E-state index < -0.39 is 0 Å². The number of aryl methyl sites for hydroxylation is 1. The molecule has 154 valence electrons. The Morgan fingerprint density at radius 2 is 1.56 bits per heavy atom. The molecule has 27 heavy (non-hydrogen) atoms. The van der Waals surface area contributed by atoms with Gasteiger partial charge in [-0.3, -0.25) is 0 Å². The van der Waals surface area contributed by atoms with Crippen molar-refractivity contribution in [3.8, 4) is 0 Å². The molecule has 0 bridgehead atoms. The molecule has 0 aliphatic heterocycles. The monoisotopic (exact) mass is 392 g/mol. The lowest BCUT2D eigenvalue weighted by Crippen LogP contribution is -2.12. The van der Waals surface area contributed by atoms with Crippen LogP contribution in [0.4, 0.5) is 0 Å². The number of hydrogen-bond acceptors (Lipinski definition) is 3. The molecule has 2 nitrogen and oxygen atoms in total. The van der Waals surface area contributed by atoms with Gasteiger partial charge in [0.15, 0.2) is 0 Å². The van der Waals surface area contributed by atoms with Gasteiger partial charge < -0.3 is 9.59 Å². The lowest BCUT2D eigenvalue weighted by Gasteiger charge is -2.21. The fourth-order valence-corrected chi connectivity index (χ4v) is 5.03. The zero-order chi connectivity index (χ0) is 20.7. The second-order valence-corrected chi connectivity index (χ2v) is 11.1. The molecule has 0 aliphatic carbocycles. The van der Waals surface area contributed by atoms with Crippen LogP contribution in [0.15, 0.2) is 6.07 Å². The molecule has 2 unspecified atom stereocenters. The average molecular weight is 393 g/mol. The lowest BCUT2D eigenvalue weighted by molar-refractivity contribution is -0.108. The first-order valence-electron chi connectivity index (χ1n) is 10.5. The molecule has 0 saturated carbocycles. The van der Waals surface area contributed by atoms with Crippen molar-refractivity contribution in [2.75, 3.05) is 0 Å². The van der Waals surface area contributed by atoms with Crippen molar-refractivity contribution in [1.29, 1.82) is 0 Å². The first-order chi connectivity index (χ1) is 12.5. The van der Waals surface area contributed by atoms with Gasteiger partial charge in [0, 0.05) is 22.6 Å². The maximum absolute atomic E-state index is 11.1. The Hall–Kier alpha value is -0.960. The smallest absolute Gasteiger partial charge is 0.120 e. The SMILES string of the molecule is CCC(CC=O)CC(CC=O)CCCc1cc(C(C)(C)C)sc1C(C)(C)C.